The zero-order chi connectivity index (χ0) is 35.2. The van der Waals surface area contributed by atoms with E-state index in [1.165, 1.54) is 19.2 Å². The van der Waals surface area contributed by atoms with Gasteiger partial charge in [0.15, 0.2) is 12.2 Å². The quantitative estimate of drug-likeness (QED) is 0.132. The Balaban J connectivity index is 1.06. The highest BCUT2D eigenvalue weighted by Gasteiger charge is 2.27. The number of rotatable bonds is 9. The van der Waals surface area contributed by atoms with Crippen LogP contribution in [0, 0.1) is 0 Å². The van der Waals surface area contributed by atoms with Crippen LogP contribution in [-0.4, -0.2) is 54.0 Å². The van der Waals surface area contributed by atoms with Crippen LogP contribution >= 0.6 is 46.9 Å². The Morgan fingerprint density at radius 3 is 1.21 bits per heavy atom. The number of methoxy groups -OCH3 is 1. The van der Waals surface area contributed by atoms with Gasteiger partial charge in [-0.05, 0) is 89.0 Å². The van der Waals surface area contributed by atoms with Gasteiger partial charge >= 0.3 is 11.9 Å². The van der Waals surface area contributed by atoms with E-state index in [1.54, 1.807) is 6.07 Å². The maximum absolute atomic E-state index is 14.1. The number of carbonyl (C=O) groups is 2. The van der Waals surface area contributed by atoms with Gasteiger partial charge in [0.2, 0.25) is 0 Å². The average Bonchev–Trinajstić information content (AvgIpc) is 4.01. The first kappa shape index (κ1) is 32.1. The van der Waals surface area contributed by atoms with E-state index in [4.69, 9.17) is 14.2 Å². The summed E-state index contributed by atoms with van der Waals surface area (Å²) in [7, 11) is 1.44. The summed E-state index contributed by atoms with van der Waals surface area (Å²) < 4.78 is 52.7. The number of hydrogen-bond acceptors (Lipinski definition) is 17. The van der Waals surface area contributed by atoms with E-state index in [1.807, 2.05) is 72.8 Å². The Morgan fingerprint density at radius 2 is 0.827 bits per heavy atom. The Morgan fingerprint density at radius 1 is 0.462 bits per heavy atom. The number of hydrogen-bond donors (Lipinski definition) is 0. The lowest BCUT2D eigenvalue weighted by atomic mass is 9.99. The molecule has 17 heteroatoms. The second kappa shape index (κ2) is 13.3. The molecule has 9 aromatic rings. The SMILES string of the molecule is COc1ccc(C(=O)OC(c2ccc3nsnc3c2)c2ccc3nsnc3c2)cc1C(=O)OC(c1ccc2nsnc2c1)c1ccc2nsnc2c1. The number of benzene rings is 5. The van der Waals surface area contributed by atoms with Gasteiger partial charge in [0.1, 0.15) is 55.4 Å². The van der Waals surface area contributed by atoms with Crippen molar-refractivity contribution in [1.82, 2.24) is 35.0 Å². The van der Waals surface area contributed by atoms with Crippen molar-refractivity contribution in [3.63, 3.8) is 0 Å². The van der Waals surface area contributed by atoms with E-state index in [0.29, 0.717) is 44.3 Å². The minimum absolute atomic E-state index is 0.0382. The molecular formula is C35H20N8O5S4. The first-order valence-corrected chi connectivity index (χ1v) is 18.4. The molecule has 0 radical (unpaired) electrons. The minimum Gasteiger partial charge on any atom is -0.496 e. The van der Waals surface area contributed by atoms with Crippen LogP contribution in [0.25, 0.3) is 44.1 Å². The standard InChI is InChI=1S/C35H20N8O5S4/c1-46-31-11-6-21(34(44)47-32(17-2-7-23-27(13-17)40-49-36-23)18-3-8-24-28(14-18)41-50-37-24)12-22(31)35(45)48-33(19-4-9-25-29(15-19)42-51-38-25)20-5-10-26-30(16-20)43-52-39-26/h2-16,32-33H,1H3. The second-order valence-electron chi connectivity index (χ2n) is 11.5. The highest BCUT2D eigenvalue weighted by molar-refractivity contribution is 7.00. The van der Waals surface area contributed by atoms with Crippen LogP contribution in [0.5, 0.6) is 5.75 Å². The Hall–Kier alpha value is -5.88. The molecule has 0 spiro atoms. The van der Waals surface area contributed by atoms with Crippen molar-refractivity contribution >= 4 is 103 Å². The number of aromatic nitrogens is 8. The Labute approximate surface area is 309 Å². The number of ether oxygens (including phenoxy) is 3. The molecule has 0 unspecified atom stereocenters. The first-order valence-electron chi connectivity index (χ1n) is 15.5. The fraction of sp³-hybridized carbons (Fsp3) is 0.0857. The van der Waals surface area contributed by atoms with Gasteiger partial charge in [-0.15, -0.1) is 0 Å². The van der Waals surface area contributed by atoms with Crippen LogP contribution in [0.15, 0.2) is 91.0 Å². The minimum atomic E-state index is -0.861. The molecule has 254 valence electrons. The summed E-state index contributed by atoms with van der Waals surface area (Å²) >= 11 is 4.40. The summed E-state index contributed by atoms with van der Waals surface area (Å²) in [4.78, 5) is 28.1. The van der Waals surface area contributed by atoms with Crippen molar-refractivity contribution in [2.45, 2.75) is 12.2 Å². The fourth-order valence-electron chi connectivity index (χ4n) is 5.85. The molecule has 0 bridgehead atoms. The van der Waals surface area contributed by atoms with E-state index in [2.05, 4.69) is 35.0 Å². The molecular weight excluding hydrogens is 741 g/mol. The summed E-state index contributed by atoms with van der Waals surface area (Å²) in [5.74, 6) is -1.17. The van der Waals surface area contributed by atoms with Crippen molar-refractivity contribution in [3.8, 4) is 5.75 Å². The topological polar surface area (TPSA) is 165 Å². The highest BCUT2D eigenvalue weighted by Crippen LogP contribution is 2.34. The van der Waals surface area contributed by atoms with E-state index >= 15 is 0 Å². The molecule has 0 aliphatic carbocycles. The monoisotopic (exact) mass is 760 g/mol. The predicted molar refractivity (Wildman–Crippen MR) is 197 cm³/mol. The van der Waals surface area contributed by atoms with Gasteiger partial charge in [0.05, 0.1) is 59.6 Å². The maximum atomic E-state index is 14.1. The smallest absolute Gasteiger partial charge is 0.342 e. The van der Waals surface area contributed by atoms with E-state index in [0.717, 1.165) is 69.0 Å². The van der Waals surface area contributed by atoms with Crippen LogP contribution in [0.3, 0.4) is 0 Å². The number of fused-ring (bicyclic) bond motifs is 4. The van der Waals surface area contributed by atoms with Crippen LogP contribution in [0.4, 0.5) is 0 Å². The summed E-state index contributed by atoms with van der Waals surface area (Å²) in [5.41, 5.74) is 8.52. The highest BCUT2D eigenvalue weighted by atomic mass is 32.1. The molecule has 5 aromatic carbocycles. The van der Waals surface area contributed by atoms with Crippen LogP contribution in [-0.2, 0) is 9.47 Å². The zero-order valence-corrected chi connectivity index (χ0v) is 29.8. The summed E-state index contributed by atoms with van der Waals surface area (Å²) in [6.45, 7) is 0. The van der Waals surface area contributed by atoms with Gasteiger partial charge in [0, 0.05) is 0 Å². The third-order valence-electron chi connectivity index (χ3n) is 8.43. The average molecular weight is 761 g/mol. The van der Waals surface area contributed by atoms with Crippen LogP contribution in [0.1, 0.15) is 55.2 Å². The molecule has 9 rings (SSSR count). The first-order chi connectivity index (χ1) is 25.5. The molecule has 52 heavy (non-hydrogen) atoms. The number of carbonyl (C=O) groups excluding carboxylic acids is 2. The van der Waals surface area contributed by atoms with Gasteiger partial charge in [-0.1, -0.05) is 24.3 Å². The normalized spacial score (nSPS) is 11.7. The third kappa shape index (κ3) is 5.98. The largest absolute Gasteiger partial charge is 0.496 e. The molecule has 0 saturated carbocycles. The molecule has 0 N–H and O–H groups in total. The summed E-state index contributed by atoms with van der Waals surface area (Å²) in [5, 5.41) is 0. The number of esters is 2. The third-order valence-corrected chi connectivity index (χ3v) is 10.7. The fourth-order valence-corrected chi connectivity index (χ4v) is 7.92. The molecule has 0 atom stereocenters. The Kier molecular flexibility index (Phi) is 8.23. The zero-order valence-electron chi connectivity index (χ0n) is 26.6. The van der Waals surface area contributed by atoms with Gasteiger partial charge in [0.25, 0.3) is 0 Å². The van der Waals surface area contributed by atoms with Crippen LogP contribution < -0.4 is 4.74 Å². The molecule has 0 amide bonds. The second-order valence-corrected chi connectivity index (χ2v) is 13.6. The number of nitrogens with zero attached hydrogens (tertiary/aromatic N) is 8. The Bertz CT molecular complexity index is 2650. The van der Waals surface area contributed by atoms with Gasteiger partial charge in [-0.3, -0.25) is 0 Å². The van der Waals surface area contributed by atoms with Gasteiger partial charge in [-0.2, -0.15) is 35.0 Å². The molecule has 4 aromatic heterocycles. The lowest BCUT2D eigenvalue weighted by molar-refractivity contribution is 0.0373. The van der Waals surface area contributed by atoms with Gasteiger partial charge in [-0.25, -0.2) is 9.59 Å². The van der Waals surface area contributed by atoms with Crippen molar-refractivity contribution in [2.24, 2.45) is 0 Å². The lowest BCUT2D eigenvalue weighted by Crippen LogP contribution is -2.16. The summed E-state index contributed by atoms with van der Waals surface area (Å²) in [6, 6.07) is 26.6. The van der Waals surface area contributed by atoms with Crippen molar-refractivity contribution < 1.29 is 23.8 Å². The van der Waals surface area contributed by atoms with E-state index in [-0.39, 0.29) is 16.9 Å². The van der Waals surface area contributed by atoms with Crippen molar-refractivity contribution in [1.29, 1.82) is 0 Å². The van der Waals surface area contributed by atoms with Crippen LogP contribution in [0.2, 0.25) is 0 Å². The van der Waals surface area contributed by atoms with Gasteiger partial charge < -0.3 is 14.2 Å². The van der Waals surface area contributed by atoms with Crippen molar-refractivity contribution in [3.05, 3.63) is 124 Å². The van der Waals surface area contributed by atoms with E-state index in [9.17, 15) is 9.59 Å². The summed E-state index contributed by atoms with van der Waals surface area (Å²) in [6.07, 6.45) is -1.70. The maximum Gasteiger partial charge on any atom is 0.342 e. The molecule has 4 heterocycles. The molecule has 0 aliphatic rings. The molecule has 0 aliphatic heterocycles. The molecule has 13 nitrogen and oxygen atoms in total. The molecule has 0 fully saturated rings. The van der Waals surface area contributed by atoms with E-state index < -0.39 is 24.1 Å². The molecule has 0 saturated heterocycles. The predicted octanol–water partition coefficient (Wildman–Crippen LogP) is 7.61. The van der Waals surface area contributed by atoms with Crippen molar-refractivity contribution in [2.75, 3.05) is 7.11 Å². The lowest BCUT2D eigenvalue weighted by Gasteiger charge is -2.21.